The van der Waals surface area contributed by atoms with Crippen LogP contribution >= 0.6 is 37.9 Å². The fourth-order valence-electron chi connectivity index (χ4n) is 4.25. The second kappa shape index (κ2) is 46.3. The zero-order valence-electron chi connectivity index (χ0n) is 31.5. The number of rotatable bonds is 27. The van der Waals surface area contributed by atoms with Gasteiger partial charge in [0, 0.05) is 0 Å². The molecular weight excluding hydrogens is 755 g/mol. The molecule has 47 heavy (non-hydrogen) atoms. The van der Waals surface area contributed by atoms with Gasteiger partial charge >= 0.3 is 45.4 Å². The van der Waals surface area contributed by atoms with E-state index in [-0.39, 0.29) is 35.2 Å². The molecule has 0 amide bonds. The van der Waals surface area contributed by atoms with Crippen LogP contribution in [0.25, 0.3) is 0 Å². The maximum atomic E-state index is 10.7. The summed E-state index contributed by atoms with van der Waals surface area (Å²) in [7, 11) is 0. The first kappa shape index (κ1) is 54.0. The van der Waals surface area contributed by atoms with Crippen molar-refractivity contribution in [3.05, 3.63) is 0 Å². The van der Waals surface area contributed by atoms with Gasteiger partial charge in [-0.25, -0.2) is 0 Å². The summed E-state index contributed by atoms with van der Waals surface area (Å²) in [5.74, 6) is 2.40. The average molecular weight is 831 g/mol. The molecule has 0 aliphatic rings. The summed E-state index contributed by atoms with van der Waals surface area (Å²) in [6, 6.07) is 0. The van der Waals surface area contributed by atoms with Gasteiger partial charge in [-0.1, -0.05) is 138 Å². The van der Waals surface area contributed by atoms with Crippen LogP contribution in [0.3, 0.4) is 0 Å². The molecule has 0 saturated carbocycles. The van der Waals surface area contributed by atoms with Crippen molar-refractivity contribution in [3.8, 4) is 0 Å². The SMILES string of the molecule is CC(C)CCCCCCCOC(=O)CS.CC(C)CCCCCCCOC(=O)CS.CC(C)CCCCCCCOC(=O)CS.[CH3][Sn]. The van der Waals surface area contributed by atoms with Gasteiger partial charge in [-0.3, -0.25) is 14.4 Å². The molecule has 0 aromatic carbocycles. The molecule has 6 nitrogen and oxygen atoms in total. The fraction of sp³-hybridized carbons (Fsp3) is 0.919. The zero-order chi connectivity index (χ0) is 36.6. The minimum atomic E-state index is -0.210. The molecule has 10 heteroatoms. The number of unbranched alkanes of at least 4 members (excludes halogenated alkanes) is 12. The van der Waals surface area contributed by atoms with Crippen LogP contribution in [0.5, 0.6) is 0 Å². The first-order chi connectivity index (χ1) is 22.5. The summed E-state index contributed by atoms with van der Waals surface area (Å²) >= 11 is 13.0. The van der Waals surface area contributed by atoms with E-state index in [4.69, 9.17) is 14.2 Å². The standard InChI is InChI=1S/3C12H24O2S.CH3.Sn/c3*1-11(2)8-6-4-3-5-7-9-14-12(13)10-15;;/h3*11,15H,3-10H2,1-2H3;1H3;. The molecule has 0 aromatic heterocycles. The van der Waals surface area contributed by atoms with E-state index in [2.05, 4.69) is 84.4 Å². The molecule has 0 rings (SSSR count). The van der Waals surface area contributed by atoms with Crippen LogP contribution in [0.15, 0.2) is 0 Å². The van der Waals surface area contributed by atoms with E-state index in [0.717, 1.165) is 56.3 Å². The summed E-state index contributed by atoms with van der Waals surface area (Å²) < 4.78 is 14.8. The first-order valence-electron chi connectivity index (χ1n) is 18.3. The van der Waals surface area contributed by atoms with Crippen LogP contribution in [0.1, 0.15) is 157 Å². The molecule has 0 N–H and O–H groups in total. The molecule has 281 valence electrons. The summed E-state index contributed by atoms with van der Waals surface area (Å²) in [5.41, 5.74) is 0. The zero-order valence-corrected chi connectivity index (χ0v) is 37.0. The molecule has 0 heterocycles. The third kappa shape index (κ3) is 58.8. The van der Waals surface area contributed by atoms with Gasteiger partial charge in [-0.15, -0.1) is 0 Å². The number of carbonyl (C=O) groups excluding carboxylic acids is 3. The van der Waals surface area contributed by atoms with Gasteiger partial charge in [0.25, 0.3) is 0 Å². The third-order valence-electron chi connectivity index (χ3n) is 6.95. The van der Waals surface area contributed by atoms with Crippen molar-refractivity contribution in [1.29, 1.82) is 0 Å². The molecule has 0 saturated heterocycles. The molecule has 3 radical (unpaired) electrons. The number of esters is 3. The van der Waals surface area contributed by atoms with Crippen LogP contribution < -0.4 is 0 Å². The molecule has 0 unspecified atom stereocenters. The van der Waals surface area contributed by atoms with Crippen LogP contribution in [0, 0.1) is 17.8 Å². The number of carbonyl (C=O) groups is 3. The average Bonchev–Trinajstić information content (AvgIpc) is 3.05. The second-order valence-corrected chi connectivity index (χ2v) is 13.9. The molecule has 0 fully saturated rings. The molecule has 0 aliphatic carbocycles. The van der Waals surface area contributed by atoms with Crippen LogP contribution in [-0.2, 0) is 28.6 Å². The van der Waals surface area contributed by atoms with Crippen molar-refractivity contribution < 1.29 is 28.6 Å². The van der Waals surface area contributed by atoms with Gasteiger partial charge in [-0.05, 0) is 37.0 Å². The van der Waals surface area contributed by atoms with Gasteiger partial charge < -0.3 is 14.2 Å². The van der Waals surface area contributed by atoms with E-state index in [0.29, 0.717) is 19.8 Å². The number of hydrogen-bond donors (Lipinski definition) is 3. The molecule has 0 spiro atoms. The Morgan fingerprint density at radius 3 is 0.787 bits per heavy atom. The summed E-state index contributed by atoms with van der Waals surface area (Å²) in [6.45, 7) is 15.2. The molecule has 0 atom stereocenters. The Kier molecular flexibility index (Phi) is 53.2. The summed E-state index contributed by atoms with van der Waals surface area (Å²) in [6.07, 6.45) is 22.1. The van der Waals surface area contributed by atoms with Crippen molar-refractivity contribution in [1.82, 2.24) is 0 Å². The minimum absolute atomic E-state index is 0.189. The van der Waals surface area contributed by atoms with Crippen LogP contribution in [0.4, 0.5) is 0 Å². The Bertz CT molecular complexity index is 566. The summed E-state index contributed by atoms with van der Waals surface area (Å²) in [4.78, 5) is 34.3. The van der Waals surface area contributed by atoms with Crippen molar-refractivity contribution in [3.63, 3.8) is 0 Å². The fourth-order valence-corrected chi connectivity index (χ4v) is 4.52. The molecular formula is C37H75O6S3Sn. The van der Waals surface area contributed by atoms with E-state index in [9.17, 15) is 14.4 Å². The molecule has 0 bridgehead atoms. The van der Waals surface area contributed by atoms with Gasteiger partial charge in [0.15, 0.2) is 0 Å². The van der Waals surface area contributed by atoms with Crippen molar-refractivity contribution in [2.75, 3.05) is 37.1 Å². The third-order valence-corrected chi connectivity index (χ3v) is 7.73. The summed E-state index contributed by atoms with van der Waals surface area (Å²) in [5, 5.41) is 0. The second-order valence-electron chi connectivity index (χ2n) is 13.0. The molecule has 0 aromatic rings. The van der Waals surface area contributed by atoms with Crippen molar-refractivity contribution >= 4 is 78.3 Å². The predicted octanol–water partition coefficient (Wildman–Crippen LogP) is 10.6. The molecule has 0 aliphatic heterocycles. The van der Waals surface area contributed by atoms with E-state index in [1.165, 1.54) is 77.0 Å². The van der Waals surface area contributed by atoms with Gasteiger partial charge in [0.05, 0.1) is 37.1 Å². The monoisotopic (exact) mass is 831 g/mol. The van der Waals surface area contributed by atoms with Crippen molar-refractivity contribution in [2.24, 2.45) is 17.8 Å². The Balaban J connectivity index is -0.000000287. The number of thiol groups is 3. The van der Waals surface area contributed by atoms with Crippen molar-refractivity contribution in [2.45, 2.75) is 162 Å². The Hall–Kier alpha value is 0.259. The Labute approximate surface area is 321 Å². The van der Waals surface area contributed by atoms with E-state index >= 15 is 0 Å². The first-order valence-corrected chi connectivity index (χ1v) is 23.0. The quantitative estimate of drug-likeness (QED) is 0.0252. The van der Waals surface area contributed by atoms with E-state index in [1.54, 1.807) is 22.5 Å². The van der Waals surface area contributed by atoms with Gasteiger partial charge in [0.1, 0.15) is 0 Å². The van der Waals surface area contributed by atoms with Gasteiger partial charge in [-0.2, -0.15) is 37.9 Å². The number of ether oxygens (including phenoxy) is 3. The van der Waals surface area contributed by atoms with Crippen LogP contribution in [-0.4, -0.2) is 77.5 Å². The predicted molar refractivity (Wildman–Crippen MR) is 214 cm³/mol. The van der Waals surface area contributed by atoms with E-state index < -0.39 is 0 Å². The maximum absolute atomic E-state index is 10.7. The van der Waals surface area contributed by atoms with E-state index in [1.807, 2.05) is 0 Å². The Morgan fingerprint density at radius 2 is 0.596 bits per heavy atom. The van der Waals surface area contributed by atoms with Gasteiger partial charge in [0.2, 0.25) is 0 Å². The normalized spacial score (nSPS) is 10.3. The topological polar surface area (TPSA) is 78.9 Å². The van der Waals surface area contributed by atoms with Crippen LogP contribution in [0.2, 0.25) is 4.94 Å². The number of hydrogen-bond acceptors (Lipinski definition) is 9. The Morgan fingerprint density at radius 1 is 0.404 bits per heavy atom.